The minimum absolute atomic E-state index is 0.0454. The maximum Gasteiger partial charge on any atom is 0.112 e. The summed E-state index contributed by atoms with van der Waals surface area (Å²) in [4.78, 5) is 4.37. The van der Waals surface area contributed by atoms with Crippen molar-refractivity contribution in [2.45, 2.75) is 38.6 Å². The van der Waals surface area contributed by atoms with Gasteiger partial charge in [-0.3, -0.25) is 0 Å². The van der Waals surface area contributed by atoms with Gasteiger partial charge in [-0.2, -0.15) is 0 Å². The first-order valence-corrected chi connectivity index (χ1v) is 6.21. The van der Waals surface area contributed by atoms with Crippen LogP contribution in [0.15, 0.2) is 11.6 Å². The van der Waals surface area contributed by atoms with E-state index in [0.717, 1.165) is 12.5 Å². The van der Waals surface area contributed by atoms with Gasteiger partial charge < -0.3 is 5.32 Å². The number of aromatic nitrogens is 1. The van der Waals surface area contributed by atoms with Gasteiger partial charge in [0.05, 0.1) is 5.54 Å². The SMILES string of the molecule is CC(C)(NCC1CCC1)c1nccs1. The molecule has 0 bridgehead atoms. The van der Waals surface area contributed by atoms with Crippen LogP contribution in [0.1, 0.15) is 38.1 Å². The third-order valence-corrected chi connectivity index (χ3v) is 4.12. The first-order chi connectivity index (χ1) is 6.68. The third kappa shape index (κ3) is 2.15. The van der Waals surface area contributed by atoms with Crippen LogP contribution in [-0.2, 0) is 5.54 Å². The molecule has 14 heavy (non-hydrogen) atoms. The van der Waals surface area contributed by atoms with Gasteiger partial charge in [0.1, 0.15) is 5.01 Å². The van der Waals surface area contributed by atoms with Crippen molar-refractivity contribution in [2.24, 2.45) is 5.92 Å². The van der Waals surface area contributed by atoms with Crippen LogP contribution in [0, 0.1) is 5.92 Å². The molecule has 0 saturated heterocycles. The second-order valence-electron chi connectivity index (χ2n) is 4.64. The van der Waals surface area contributed by atoms with Crippen LogP contribution in [0.3, 0.4) is 0 Å². The summed E-state index contributed by atoms with van der Waals surface area (Å²) in [7, 11) is 0. The molecule has 2 rings (SSSR count). The van der Waals surface area contributed by atoms with Crippen molar-refractivity contribution >= 4 is 11.3 Å². The van der Waals surface area contributed by atoms with E-state index in [-0.39, 0.29) is 5.54 Å². The summed E-state index contributed by atoms with van der Waals surface area (Å²) >= 11 is 1.73. The average molecular weight is 210 g/mol. The van der Waals surface area contributed by atoms with Crippen molar-refractivity contribution in [3.05, 3.63) is 16.6 Å². The molecular weight excluding hydrogens is 192 g/mol. The Morgan fingerprint density at radius 3 is 2.86 bits per heavy atom. The summed E-state index contributed by atoms with van der Waals surface area (Å²) in [6, 6.07) is 0. The largest absolute Gasteiger partial charge is 0.306 e. The molecule has 0 aliphatic heterocycles. The molecule has 0 amide bonds. The van der Waals surface area contributed by atoms with Gasteiger partial charge in [-0.05, 0) is 39.2 Å². The van der Waals surface area contributed by atoms with Crippen LogP contribution in [-0.4, -0.2) is 11.5 Å². The molecule has 1 N–H and O–H groups in total. The van der Waals surface area contributed by atoms with Crippen LogP contribution in [0.25, 0.3) is 0 Å². The first-order valence-electron chi connectivity index (χ1n) is 5.33. The van der Waals surface area contributed by atoms with E-state index in [9.17, 15) is 0 Å². The summed E-state index contributed by atoms with van der Waals surface area (Å²) in [5, 5.41) is 6.85. The van der Waals surface area contributed by atoms with Crippen LogP contribution in [0.4, 0.5) is 0 Å². The highest BCUT2D eigenvalue weighted by molar-refractivity contribution is 7.09. The second kappa shape index (κ2) is 3.99. The van der Waals surface area contributed by atoms with Gasteiger partial charge in [-0.15, -0.1) is 11.3 Å². The van der Waals surface area contributed by atoms with E-state index in [1.54, 1.807) is 11.3 Å². The lowest BCUT2D eigenvalue weighted by Gasteiger charge is -2.31. The smallest absolute Gasteiger partial charge is 0.112 e. The number of nitrogens with one attached hydrogen (secondary N) is 1. The Kier molecular flexibility index (Phi) is 2.88. The second-order valence-corrected chi connectivity index (χ2v) is 5.53. The van der Waals surface area contributed by atoms with E-state index in [1.165, 1.54) is 24.3 Å². The van der Waals surface area contributed by atoms with Crippen LogP contribution < -0.4 is 5.32 Å². The molecule has 0 atom stereocenters. The van der Waals surface area contributed by atoms with Gasteiger partial charge in [-0.25, -0.2) is 4.98 Å². The summed E-state index contributed by atoms with van der Waals surface area (Å²) in [6.45, 7) is 5.57. The topological polar surface area (TPSA) is 24.9 Å². The summed E-state index contributed by atoms with van der Waals surface area (Å²) in [5.41, 5.74) is 0.0454. The predicted octanol–water partition coefficient (Wildman–Crippen LogP) is 2.77. The predicted molar refractivity (Wildman–Crippen MR) is 60.5 cm³/mol. The Morgan fingerprint density at radius 2 is 2.36 bits per heavy atom. The Labute approximate surface area is 89.8 Å². The van der Waals surface area contributed by atoms with Crippen LogP contribution >= 0.6 is 11.3 Å². The molecule has 0 spiro atoms. The molecule has 2 nitrogen and oxygen atoms in total. The lowest BCUT2D eigenvalue weighted by molar-refractivity contribution is 0.264. The summed E-state index contributed by atoms with van der Waals surface area (Å²) < 4.78 is 0. The Hall–Kier alpha value is -0.410. The van der Waals surface area contributed by atoms with Crippen LogP contribution in [0.5, 0.6) is 0 Å². The molecule has 78 valence electrons. The lowest BCUT2D eigenvalue weighted by atomic mass is 9.85. The number of hydrogen-bond donors (Lipinski definition) is 1. The normalized spacial score (nSPS) is 18.1. The molecule has 1 saturated carbocycles. The molecular formula is C11H18N2S. The lowest BCUT2D eigenvalue weighted by Crippen LogP contribution is -2.40. The fourth-order valence-corrected chi connectivity index (χ4v) is 2.44. The molecule has 1 aliphatic rings. The minimum Gasteiger partial charge on any atom is -0.306 e. The first kappa shape index (κ1) is 10.1. The zero-order valence-electron chi connectivity index (χ0n) is 8.92. The zero-order chi connectivity index (χ0) is 10.0. The quantitative estimate of drug-likeness (QED) is 0.826. The van der Waals surface area contributed by atoms with Gasteiger partial charge in [0.2, 0.25) is 0 Å². The maximum absolute atomic E-state index is 4.37. The average Bonchev–Trinajstić information content (AvgIpc) is 2.52. The molecule has 1 aliphatic carbocycles. The van der Waals surface area contributed by atoms with Gasteiger partial charge in [0.25, 0.3) is 0 Å². The van der Waals surface area contributed by atoms with E-state index >= 15 is 0 Å². The van der Waals surface area contributed by atoms with Crippen molar-refractivity contribution in [1.29, 1.82) is 0 Å². The fourth-order valence-electron chi connectivity index (χ4n) is 1.70. The minimum atomic E-state index is 0.0454. The maximum atomic E-state index is 4.37. The number of rotatable bonds is 4. The van der Waals surface area contributed by atoms with E-state index in [2.05, 4.69) is 24.1 Å². The highest BCUT2D eigenvalue weighted by atomic mass is 32.1. The summed E-state index contributed by atoms with van der Waals surface area (Å²) in [5.74, 6) is 0.911. The number of hydrogen-bond acceptors (Lipinski definition) is 3. The van der Waals surface area contributed by atoms with Crippen molar-refractivity contribution in [2.75, 3.05) is 6.54 Å². The highest BCUT2D eigenvalue weighted by Gasteiger charge is 2.25. The Morgan fingerprint density at radius 1 is 1.57 bits per heavy atom. The van der Waals surface area contributed by atoms with Crippen molar-refractivity contribution < 1.29 is 0 Å². The molecule has 1 aromatic heterocycles. The van der Waals surface area contributed by atoms with E-state index < -0.39 is 0 Å². The van der Waals surface area contributed by atoms with Crippen molar-refractivity contribution in [3.8, 4) is 0 Å². The standard InChI is InChI=1S/C11H18N2S/c1-11(2,10-12-6-7-14-10)13-8-9-4-3-5-9/h6-7,9,13H,3-5,8H2,1-2H3. The van der Waals surface area contributed by atoms with Crippen LogP contribution in [0.2, 0.25) is 0 Å². The number of thiazole rings is 1. The fraction of sp³-hybridized carbons (Fsp3) is 0.727. The molecule has 0 radical (unpaired) electrons. The summed E-state index contributed by atoms with van der Waals surface area (Å²) in [6.07, 6.45) is 6.11. The van der Waals surface area contributed by atoms with E-state index in [0.29, 0.717) is 0 Å². The third-order valence-electron chi connectivity index (χ3n) is 3.02. The van der Waals surface area contributed by atoms with Crippen molar-refractivity contribution in [1.82, 2.24) is 10.3 Å². The molecule has 0 unspecified atom stereocenters. The Balaban J connectivity index is 1.88. The van der Waals surface area contributed by atoms with Gasteiger partial charge in [-0.1, -0.05) is 6.42 Å². The van der Waals surface area contributed by atoms with Gasteiger partial charge in [0, 0.05) is 11.6 Å². The monoisotopic (exact) mass is 210 g/mol. The molecule has 1 fully saturated rings. The number of nitrogens with zero attached hydrogens (tertiary/aromatic N) is 1. The molecule has 1 aromatic rings. The molecule has 1 heterocycles. The van der Waals surface area contributed by atoms with E-state index in [4.69, 9.17) is 0 Å². The van der Waals surface area contributed by atoms with Gasteiger partial charge in [0.15, 0.2) is 0 Å². The van der Waals surface area contributed by atoms with E-state index in [1.807, 2.05) is 11.6 Å². The van der Waals surface area contributed by atoms with Gasteiger partial charge >= 0.3 is 0 Å². The Bertz CT molecular complexity index is 275. The highest BCUT2D eigenvalue weighted by Crippen LogP contribution is 2.28. The molecule has 0 aromatic carbocycles. The zero-order valence-corrected chi connectivity index (χ0v) is 9.73. The van der Waals surface area contributed by atoms with Crippen molar-refractivity contribution in [3.63, 3.8) is 0 Å². The molecule has 3 heteroatoms.